The number of ketones is 1. The highest BCUT2D eigenvalue weighted by atomic mass is 16.5. The molecule has 1 aliphatic carbocycles. The van der Waals surface area contributed by atoms with Gasteiger partial charge >= 0.3 is 5.97 Å². The van der Waals surface area contributed by atoms with Gasteiger partial charge in [0.05, 0.1) is 18.4 Å². The van der Waals surface area contributed by atoms with E-state index in [2.05, 4.69) is 5.32 Å². The minimum absolute atomic E-state index is 0.0000513. The van der Waals surface area contributed by atoms with Crippen LogP contribution in [0.2, 0.25) is 0 Å². The average molecular weight is 484 g/mol. The second kappa shape index (κ2) is 10.3. The molecule has 0 radical (unpaired) electrons. The zero-order chi connectivity index (χ0) is 25.1. The number of hydrogen-bond acceptors (Lipinski definition) is 6. The lowest BCUT2D eigenvalue weighted by Gasteiger charge is -2.36. The van der Waals surface area contributed by atoms with Crippen molar-refractivity contribution in [2.45, 2.75) is 45.1 Å². The number of carbonyl (C=O) groups excluding carboxylic acids is 2. The number of esters is 1. The Bertz CT molecular complexity index is 1320. The maximum atomic E-state index is 13.6. The Morgan fingerprint density at radius 2 is 1.89 bits per heavy atom. The number of benzene rings is 2. The minimum atomic E-state index is -0.536. The van der Waals surface area contributed by atoms with Crippen LogP contribution in [0.15, 0.2) is 100.0 Å². The summed E-state index contributed by atoms with van der Waals surface area (Å²) in [5.41, 5.74) is 4.48. The fraction of sp³-hybridized carbons (Fsp3) is 0.267. The van der Waals surface area contributed by atoms with Crippen LogP contribution in [-0.4, -0.2) is 18.4 Å². The monoisotopic (exact) mass is 483 g/mol. The van der Waals surface area contributed by atoms with Crippen molar-refractivity contribution in [1.29, 1.82) is 0 Å². The molecule has 2 aliphatic rings. The Labute approximate surface area is 210 Å². The summed E-state index contributed by atoms with van der Waals surface area (Å²) in [7, 11) is 0. The highest BCUT2D eigenvalue weighted by Crippen LogP contribution is 2.46. The van der Waals surface area contributed by atoms with Gasteiger partial charge in [-0.05, 0) is 55.7 Å². The quantitative estimate of drug-likeness (QED) is 0.429. The normalized spacial score (nSPS) is 19.6. The van der Waals surface area contributed by atoms with Crippen LogP contribution in [0, 0.1) is 0 Å². The van der Waals surface area contributed by atoms with Gasteiger partial charge in [-0.15, -0.1) is 0 Å². The summed E-state index contributed by atoms with van der Waals surface area (Å²) >= 11 is 0. The second-order valence-corrected chi connectivity index (χ2v) is 9.10. The first-order valence-corrected chi connectivity index (χ1v) is 12.3. The topological polar surface area (TPSA) is 77.8 Å². The van der Waals surface area contributed by atoms with E-state index in [9.17, 15) is 9.59 Å². The Morgan fingerprint density at radius 3 is 2.64 bits per heavy atom. The Balaban J connectivity index is 1.52. The molecule has 0 saturated heterocycles. The van der Waals surface area contributed by atoms with Crippen molar-refractivity contribution < 1.29 is 23.5 Å². The van der Waals surface area contributed by atoms with E-state index in [4.69, 9.17) is 13.9 Å². The van der Waals surface area contributed by atoms with Crippen molar-refractivity contribution in [1.82, 2.24) is 5.32 Å². The summed E-state index contributed by atoms with van der Waals surface area (Å²) in [6.07, 6.45) is 2.58. The van der Waals surface area contributed by atoms with Crippen LogP contribution in [0.1, 0.15) is 55.4 Å². The highest BCUT2D eigenvalue weighted by Gasteiger charge is 2.42. The zero-order valence-corrected chi connectivity index (χ0v) is 20.5. The van der Waals surface area contributed by atoms with Gasteiger partial charge in [0.25, 0.3) is 0 Å². The molecule has 0 bridgehead atoms. The van der Waals surface area contributed by atoms with Gasteiger partial charge in [0, 0.05) is 35.2 Å². The van der Waals surface area contributed by atoms with Crippen LogP contribution in [0.4, 0.5) is 0 Å². The lowest BCUT2D eigenvalue weighted by molar-refractivity contribution is -0.138. The molecule has 5 rings (SSSR count). The SMILES string of the molecule is CCOC(=O)C1=C(C)NC2=C(C(=O)C[C@H](c3ccco3)C2)[C@@H]1c1cccc(OCc2ccccc2)c1. The van der Waals surface area contributed by atoms with Crippen molar-refractivity contribution in [3.63, 3.8) is 0 Å². The van der Waals surface area contributed by atoms with Gasteiger partial charge in [0.1, 0.15) is 18.1 Å². The molecule has 6 heteroatoms. The molecule has 1 N–H and O–H groups in total. The van der Waals surface area contributed by atoms with E-state index in [0.29, 0.717) is 42.0 Å². The first-order chi connectivity index (χ1) is 17.5. The van der Waals surface area contributed by atoms with Crippen LogP contribution >= 0.6 is 0 Å². The third-order valence-corrected chi connectivity index (χ3v) is 6.71. The van der Waals surface area contributed by atoms with Gasteiger partial charge < -0.3 is 19.2 Å². The molecule has 2 heterocycles. The molecule has 0 spiro atoms. The Kier molecular flexibility index (Phi) is 6.76. The summed E-state index contributed by atoms with van der Waals surface area (Å²) in [4.78, 5) is 26.7. The van der Waals surface area contributed by atoms with E-state index in [1.807, 2.05) is 73.7 Å². The Hall–Kier alpha value is -4.06. The van der Waals surface area contributed by atoms with Crippen LogP contribution in [0.3, 0.4) is 0 Å². The molecular formula is C30H29NO5. The molecule has 3 aromatic rings. The second-order valence-electron chi connectivity index (χ2n) is 9.10. The van der Waals surface area contributed by atoms with Crippen molar-refractivity contribution in [2.24, 2.45) is 0 Å². The average Bonchev–Trinajstić information content (AvgIpc) is 3.43. The van der Waals surface area contributed by atoms with Gasteiger partial charge in [0.15, 0.2) is 5.78 Å². The molecular weight excluding hydrogens is 454 g/mol. The highest BCUT2D eigenvalue weighted by molar-refractivity contribution is 6.04. The number of nitrogens with one attached hydrogen (secondary N) is 1. The number of carbonyl (C=O) groups is 2. The zero-order valence-electron chi connectivity index (χ0n) is 20.5. The van der Waals surface area contributed by atoms with E-state index in [-0.39, 0.29) is 18.3 Å². The summed E-state index contributed by atoms with van der Waals surface area (Å²) in [5, 5.41) is 3.36. The van der Waals surface area contributed by atoms with Crippen LogP contribution in [0.5, 0.6) is 5.75 Å². The summed E-state index contributed by atoms with van der Waals surface area (Å²) in [6, 6.07) is 21.3. The Morgan fingerprint density at radius 1 is 1.06 bits per heavy atom. The van der Waals surface area contributed by atoms with E-state index >= 15 is 0 Å². The smallest absolute Gasteiger partial charge is 0.336 e. The van der Waals surface area contributed by atoms with E-state index in [1.54, 1.807) is 13.2 Å². The first-order valence-electron chi connectivity index (χ1n) is 12.3. The van der Waals surface area contributed by atoms with Crippen LogP contribution < -0.4 is 10.1 Å². The van der Waals surface area contributed by atoms with Gasteiger partial charge in [0.2, 0.25) is 0 Å². The molecule has 0 amide bonds. The third kappa shape index (κ3) is 4.71. The van der Waals surface area contributed by atoms with Gasteiger partial charge in [-0.1, -0.05) is 42.5 Å². The van der Waals surface area contributed by atoms with Crippen LogP contribution in [-0.2, 0) is 20.9 Å². The summed E-state index contributed by atoms with van der Waals surface area (Å²) in [5.74, 6) is 0.468. The summed E-state index contributed by atoms with van der Waals surface area (Å²) in [6.45, 7) is 4.32. The molecule has 2 atom stereocenters. The third-order valence-electron chi connectivity index (χ3n) is 6.71. The van der Waals surface area contributed by atoms with Crippen LogP contribution in [0.25, 0.3) is 0 Å². The minimum Gasteiger partial charge on any atom is -0.489 e. The molecule has 0 unspecified atom stereocenters. The number of rotatable bonds is 7. The molecule has 1 aliphatic heterocycles. The lowest BCUT2D eigenvalue weighted by atomic mass is 9.72. The molecule has 6 nitrogen and oxygen atoms in total. The van der Waals surface area contributed by atoms with Gasteiger partial charge in [-0.25, -0.2) is 4.79 Å². The van der Waals surface area contributed by atoms with E-state index < -0.39 is 11.9 Å². The number of Topliss-reactive ketones (excluding diaryl/α,β-unsaturated/α-hetero) is 1. The predicted molar refractivity (Wildman–Crippen MR) is 135 cm³/mol. The van der Waals surface area contributed by atoms with Crippen molar-refractivity contribution in [3.05, 3.63) is 112 Å². The largest absolute Gasteiger partial charge is 0.489 e. The number of allylic oxidation sites excluding steroid dienone is 3. The molecule has 0 saturated carbocycles. The van der Waals surface area contributed by atoms with Crippen molar-refractivity contribution in [2.75, 3.05) is 6.61 Å². The molecule has 184 valence electrons. The molecule has 2 aromatic carbocycles. The maximum Gasteiger partial charge on any atom is 0.336 e. The van der Waals surface area contributed by atoms with Crippen molar-refractivity contribution in [3.8, 4) is 5.75 Å². The molecule has 0 fully saturated rings. The number of hydrogen-bond donors (Lipinski definition) is 1. The maximum absolute atomic E-state index is 13.6. The first kappa shape index (κ1) is 23.7. The number of furan rings is 1. The molecule has 36 heavy (non-hydrogen) atoms. The lowest BCUT2D eigenvalue weighted by Crippen LogP contribution is -2.36. The molecule has 1 aromatic heterocycles. The number of ether oxygens (including phenoxy) is 2. The number of dihydropyridines is 1. The standard InChI is InChI=1S/C30H29NO5/c1-3-34-30(33)27-19(2)31-24-16-22(26-13-8-14-35-26)17-25(32)29(24)28(27)21-11-7-12-23(15-21)36-18-20-9-5-4-6-10-20/h4-15,22,28,31H,3,16-18H2,1-2H3/t22-,28-/m1/s1. The fourth-order valence-electron chi connectivity index (χ4n) is 5.10. The predicted octanol–water partition coefficient (Wildman–Crippen LogP) is 5.78. The fourth-order valence-corrected chi connectivity index (χ4v) is 5.10. The van der Waals surface area contributed by atoms with Gasteiger partial charge in [-0.2, -0.15) is 0 Å². The van der Waals surface area contributed by atoms with E-state index in [0.717, 1.165) is 22.6 Å². The summed E-state index contributed by atoms with van der Waals surface area (Å²) < 4.78 is 17.1. The van der Waals surface area contributed by atoms with Gasteiger partial charge in [-0.3, -0.25) is 4.79 Å². The van der Waals surface area contributed by atoms with Crippen molar-refractivity contribution >= 4 is 11.8 Å². The van der Waals surface area contributed by atoms with E-state index in [1.165, 1.54) is 0 Å².